The molecule has 2 rings (SSSR count). The van der Waals surface area contributed by atoms with Crippen molar-refractivity contribution in [3.05, 3.63) is 24.3 Å². The number of methoxy groups -OCH3 is 1. The number of nitrogens with one attached hydrogen (secondary N) is 1. The second-order valence-electron chi connectivity index (χ2n) is 6.26. The molecule has 27 heavy (non-hydrogen) atoms. The molecule has 1 aromatic rings. The lowest BCUT2D eigenvalue weighted by Crippen LogP contribution is -2.42. The zero-order valence-electron chi connectivity index (χ0n) is 16.0. The van der Waals surface area contributed by atoms with Crippen LogP contribution in [0.1, 0.15) is 13.3 Å². The Kier molecular flexibility index (Phi) is 8.49. The van der Waals surface area contributed by atoms with Crippen molar-refractivity contribution in [2.45, 2.75) is 18.2 Å². The summed E-state index contributed by atoms with van der Waals surface area (Å²) in [5.41, 5.74) is 0. The third-order valence-electron chi connectivity index (χ3n) is 4.45. The molecule has 8 nitrogen and oxygen atoms in total. The third kappa shape index (κ3) is 6.46. The van der Waals surface area contributed by atoms with E-state index in [-0.39, 0.29) is 23.9 Å². The molecular formula is C18H29N3O5S. The van der Waals surface area contributed by atoms with Crippen LogP contribution in [0.3, 0.4) is 0 Å². The molecule has 0 radical (unpaired) electrons. The summed E-state index contributed by atoms with van der Waals surface area (Å²) < 4.78 is 37.0. The maximum atomic E-state index is 12.7. The normalized spacial score (nSPS) is 15.7. The summed E-state index contributed by atoms with van der Waals surface area (Å²) in [5, 5.41) is 2.81. The van der Waals surface area contributed by atoms with Gasteiger partial charge in [-0.1, -0.05) is 6.92 Å². The van der Waals surface area contributed by atoms with E-state index in [1.165, 1.54) is 23.5 Å². The van der Waals surface area contributed by atoms with Crippen LogP contribution < -0.4 is 10.1 Å². The first-order valence-electron chi connectivity index (χ1n) is 9.18. The molecule has 1 heterocycles. The Hall–Kier alpha value is -1.68. The lowest BCUT2D eigenvalue weighted by molar-refractivity contribution is -0.121. The predicted molar refractivity (Wildman–Crippen MR) is 102 cm³/mol. The summed E-state index contributed by atoms with van der Waals surface area (Å²) in [6.45, 7) is 6.49. The SMILES string of the molecule is CCN(CC(=O)NCCCN1CCOCC1)S(=O)(=O)c1ccc(OC)cc1. The third-order valence-corrected chi connectivity index (χ3v) is 6.38. The van der Waals surface area contributed by atoms with Crippen molar-refractivity contribution in [2.75, 3.05) is 59.6 Å². The fourth-order valence-corrected chi connectivity index (χ4v) is 4.24. The minimum Gasteiger partial charge on any atom is -0.497 e. The zero-order valence-corrected chi connectivity index (χ0v) is 16.8. The largest absolute Gasteiger partial charge is 0.497 e. The minimum absolute atomic E-state index is 0.144. The van der Waals surface area contributed by atoms with Gasteiger partial charge in [0.2, 0.25) is 15.9 Å². The molecule has 1 aliphatic heterocycles. The van der Waals surface area contributed by atoms with Crippen LogP contribution in [0.4, 0.5) is 0 Å². The molecular weight excluding hydrogens is 370 g/mol. The van der Waals surface area contributed by atoms with Crippen molar-refractivity contribution in [1.29, 1.82) is 0 Å². The van der Waals surface area contributed by atoms with Crippen LogP contribution >= 0.6 is 0 Å². The monoisotopic (exact) mass is 399 g/mol. The molecule has 1 aliphatic rings. The maximum Gasteiger partial charge on any atom is 0.243 e. The molecule has 0 atom stereocenters. The number of carbonyl (C=O) groups excluding carboxylic acids is 1. The highest BCUT2D eigenvalue weighted by molar-refractivity contribution is 7.89. The smallest absolute Gasteiger partial charge is 0.243 e. The summed E-state index contributed by atoms with van der Waals surface area (Å²) in [4.78, 5) is 14.6. The van der Waals surface area contributed by atoms with E-state index in [0.717, 1.165) is 39.3 Å². The number of benzene rings is 1. The van der Waals surface area contributed by atoms with E-state index >= 15 is 0 Å². The molecule has 1 amide bonds. The number of hydrogen-bond acceptors (Lipinski definition) is 6. The van der Waals surface area contributed by atoms with Crippen LogP contribution in [-0.2, 0) is 19.6 Å². The van der Waals surface area contributed by atoms with Gasteiger partial charge in [-0.05, 0) is 37.2 Å². The quantitative estimate of drug-likeness (QED) is 0.578. The fourth-order valence-electron chi connectivity index (χ4n) is 2.83. The van der Waals surface area contributed by atoms with E-state index in [1.807, 2.05) is 0 Å². The summed E-state index contributed by atoms with van der Waals surface area (Å²) in [6.07, 6.45) is 0.823. The molecule has 1 N–H and O–H groups in total. The van der Waals surface area contributed by atoms with E-state index in [1.54, 1.807) is 19.1 Å². The number of hydrogen-bond donors (Lipinski definition) is 1. The lowest BCUT2D eigenvalue weighted by atomic mass is 10.3. The second-order valence-corrected chi connectivity index (χ2v) is 8.20. The van der Waals surface area contributed by atoms with Gasteiger partial charge >= 0.3 is 0 Å². The summed E-state index contributed by atoms with van der Waals surface area (Å²) in [5.74, 6) is 0.283. The molecule has 0 unspecified atom stereocenters. The Morgan fingerprint density at radius 1 is 1.26 bits per heavy atom. The molecule has 0 spiro atoms. The molecule has 9 heteroatoms. The van der Waals surface area contributed by atoms with Crippen LogP contribution in [0, 0.1) is 0 Å². The molecule has 0 aliphatic carbocycles. The highest BCUT2D eigenvalue weighted by atomic mass is 32.2. The molecule has 152 valence electrons. The Morgan fingerprint density at radius 3 is 2.52 bits per heavy atom. The van der Waals surface area contributed by atoms with Gasteiger partial charge in [-0.15, -0.1) is 0 Å². The standard InChI is InChI=1S/C18H29N3O5S/c1-3-21(27(23,24)17-7-5-16(25-2)6-8-17)15-18(22)19-9-4-10-20-11-13-26-14-12-20/h5-8H,3-4,9-15H2,1-2H3,(H,19,22). The summed E-state index contributed by atoms with van der Waals surface area (Å²) >= 11 is 0. The number of morpholine rings is 1. The minimum atomic E-state index is -3.72. The summed E-state index contributed by atoms with van der Waals surface area (Å²) in [6, 6.07) is 6.15. The van der Waals surface area contributed by atoms with Gasteiger partial charge in [-0.25, -0.2) is 8.42 Å². The van der Waals surface area contributed by atoms with Gasteiger partial charge in [-0.2, -0.15) is 4.31 Å². The van der Waals surface area contributed by atoms with E-state index in [0.29, 0.717) is 12.3 Å². The van der Waals surface area contributed by atoms with Gasteiger partial charge in [0.05, 0.1) is 31.8 Å². The van der Waals surface area contributed by atoms with Crippen molar-refractivity contribution < 1.29 is 22.7 Å². The van der Waals surface area contributed by atoms with E-state index in [9.17, 15) is 13.2 Å². The Labute approximate surface area is 161 Å². The van der Waals surface area contributed by atoms with Crippen molar-refractivity contribution in [1.82, 2.24) is 14.5 Å². The molecule has 0 aromatic heterocycles. The number of likely N-dealkylation sites (N-methyl/N-ethyl adjacent to an activating group) is 1. The predicted octanol–water partition coefficient (Wildman–Crippen LogP) is 0.544. The average molecular weight is 400 g/mol. The van der Waals surface area contributed by atoms with Gasteiger partial charge in [0.25, 0.3) is 0 Å². The van der Waals surface area contributed by atoms with Gasteiger partial charge in [-0.3, -0.25) is 9.69 Å². The van der Waals surface area contributed by atoms with Gasteiger partial charge < -0.3 is 14.8 Å². The van der Waals surface area contributed by atoms with Crippen LogP contribution in [-0.4, -0.2) is 83.1 Å². The van der Waals surface area contributed by atoms with Crippen molar-refractivity contribution in [3.63, 3.8) is 0 Å². The first-order chi connectivity index (χ1) is 13.0. The first kappa shape index (κ1) is 21.6. The average Bonchev–Trinajstić information content (AvgIpc) is 2.70. The van der Waals surface area contributed by atoms with Crippen molar-refractivity contribution >= 4 is 15.9 Å². The molecule has 1 fully saturated rings. The number of amides is 1. The van der Waals surface area contributed by atoms with E-state index in [2.05, 4.69) is 10.2 Å². The molecule has 1 saturated heterocycles. The number of ether oxygens (including phenoxy) is 2. The van der Waals surface area contributed by atoms with Crippen LogP contribution in [0.5, 0.6) is 5.75 Å². The Morgan fingerprint density at radius 2 is 1.93 bits per heavy atom. The highest BCUT2D eigenvalue weighted by Crippen LogP contribution is 2.19. The molecule has 0 saturated carbocycles. The van der Waals surface area contributed by atoms with E-state index < -0.39 is 10.0 Å². The highest BCUT2D eigenvalue weighted by Gasteiger charge is 2.25. The molecule has 1 aromatic carbocycles. The Bertz CT molecular complexity index is 687. The van der Waals surface area contributed by atoms with Gasteiger partial charge in [0, 0.05) is 26.2 Å². The summed E-state index contributed by atoms with van der Waals surface area (Å²) in [7, 11) is -2.20. The van der Waals surface area contributed by atoms with E-state index in [4.69, 9.17) is 9.47 Å². The van der Waals surface area contributed by atoms with Gasteiger partial charge in [0.15, 0.2) is 0 Å². The van der Waals surface area contributed by atoms with Gasteiger partial charge in [0.1, 0.15) is 5.75 Å². The van der Waals surface area contributed by atoms with Crippen molar-refractivity contribution in [3.8, 4) is 5.75 Å². The maximum absolute atomic E-state index is 12.7. The number of rotatable bonds is 10. The number of sulfonamides is 1. The van der Waals surface area contributed by atoms with Crippen molar-refractivity contribution in [2.24, 2.45) is 0 Å². The van der Waals surface area contributed by atoms with Crippen LogP contribution in [0.25, 0.3) is 0 Å². The topological polar surface area (TPSA) is 88.2 Å². The Balaban J connectivity index is 1.82. The second kappa shape index (κ2) is 10.6. The lowest BCUT2D eigenvalue weighted by Gasteiger charge is -2.26. The number of carbonyl (C=O) groups is 1. The first-order valence-corrected chi connectivity index (χ1v) is 10.6. The van der Waals surface area contributed by atoms with Crippen LogP contribution in [0.15, 0.2) is 29.2 Å². The fraction of sp³-hybridized carbons (Fsp3) is 0.611. The zero-order chi connectivity index (χ0) is 19.7. The van der Waals surface area contributed by atoms with Crippen LogP contribution in [0.2, 0.25) is 0 Å². The number of nitrogens with zero attached hydrogens (tertiary/aromatic N) is 2. The molecule has 0 bridgehead atoms.